The minimum absolute atomic E-state index is 0.202. The standard InChI is InChI=1S/C20H27N3O3/c1-13(2)17(20(25)26)21-19(24)18-15-10-6-7-11-16(15)23(22-18)12-14-8-4-3-5-9-14/h6-7,10-11,13-14,17H,3-5,8-9,12H2,1-2H3,(H,21,24)(H,25,26). The number of hydrogen-bond donors (Lipinski definition) is 2. The summed E-state index contributed by atoms with van der Waals surface area (Å²) < 4.78 is 1.92. The second-order valence-electron chi connectivity index (χ2n) is 7.59. The van der Waals surface area contributed by atoms with Gasteiger partial charge in [-0.05, 0) is 30.7 Å². The summed E-state index contributed by atoms with van der Waals surface area (Å²) in [5.41, 5.74) is 1.24. The van der Waals surface area contributed by atoms with Gasteiger partial charge in [-0.3, -0.25) is 9.48 Å². The third-order valence-electron chi connectivity index (χ3n) is 5.25. The summed E-state index contributed by atoms with van der Waals surface area (Å²) in [5.74, 6) is -1.07. The van der Waals surface area contributed by atoms with E-state index in [4.69, 9.17) is 0 Å². The number of rotatable bonds is 6. The van der Waals surface area contributed by atoms with Crippen LogP contribution in [0.5, 0.6) is 0 Å². The number of carboxylic acid groups (broad SMARTS) is 1. The van der Waals surface area contributed by atoms with E-state index in [2.05, 4.69) is 10.4 Å². The second kappa shape index (κ2) is 7.89. The number of hydrogen-bond acceptors (Lipinski definition) is 3. The number of para-hydroxylation sites is 1. The minimum Gasteiger partial charge on any atom is -0.480 e. The fourth-order valence-electron chi connectivity index (χ4n) is 3.77. The first-order valence-corrected chi connectivity index (χ1v) is 9.46. The summed E-state index contributed by atoms with van der Waals surface area (Å²) in [7, 11) is 0. The molecule has 0 saturated heterocycles. The van der Waals surface area contributed by atoms with Gasteiger partial charge in [-0.2, -0.15) is 5.10 Å². The number of carbonyl (C=O) groups excluding carboxylic acids is 1. The maximum Gasteiger partial charge on any atom is 0.326 e. The van der Waals surface area contributed by atoms with Crippen LogP contribution in [0.15, 0.2) is 24.3 Å². The van der Waals surface area contributed by atoms with Crippen molar-refractivity contribution in [3.8, 4) is 0 Å². The van der Waals surface area contributed by atoms with Gasteiger partial charge in [0.25, 0.3) is 5.91 Å². The first kappa shape index (κ1) is 18.4. The summed E-state index contributed by atoms with van der Waals surface area (Å²) in [6, 6.07) is 6.74. The summed E-state index contributed by atoms with van der Waals surface area (Å²) in [4.78, 5) is 24.1. The molecule has 2 aromatic rings. The predicted molar refractivity (Wildman–Crippen MR) is 100 cm³/mol. The Morgan fingerprint density at radius 2 is 1.92 bits per heavy atom. The molecule has 1 unspecified atom stereocenters. The Balaban J connectivity index is 1.88. The SMILES string of the molecule is CC(C)C(NC(=O)c1nn(CC2CCCCC2)c2ccccc12)C(=O)O. The van der Waals surface area contributed by atoms with Crippen molar-refractivity contribution in [3.63, 3.8) is 0 Å². The predicted octanol–water partition coefficient (Wildman–Crippen LogP) is 3.46. The van der Waals surface area contributed by atoms with Gasteiger partial charge in [0.15, 0.2) is 5.69 Å². The van der Waals surface area contributed by atoms with E-state index < -0.39 is 17.9 Å². The third kappa shape index (κ3) is 3.89. The van der Waals surface area contributed by atoms with Gasteiger partial charge in [-0.25, -0.2) is 4.79 Å². The molecule has 1 atom stereocenters. The lowest BCUT2D eigenvalue weighted by atomic mass is 9.89. The maximum atomic E-state index is 12.7. The Morgan fingerprint density at radius 1 is 1.23 bits per heavy atom. The molecule has 1 fully saturated rings. The molecule has 3 rings (SSSR count). The molecule has 1 amide bonds. The van der Waals surface area contributed by atoms with Gasteiger partial charge in [0.1, 0.15) is 6.04 Å². The molecule has 6 heteroatoms. The second-order valence-corrected chi connectivity index (χ2v) is 7.59. The number of fused-ring (bicyclic) bond motifs is 1. The number of aromatic nitrogens is 2. The Hall–Kier alpha value is -2.37. The van der Waals surface area contributed by atoms with Crippen LogP contribution in [-0.4, -0.2) is 32.8 Å². The number of benzene rings is 1. The molecule has 0 spiro atoms. The van der Waals surface area contributed by atoms with Crippen LogP contribution in [0.25, 0.3) is 10.9 Å². The Morgan fingerprint density at radius 3 is 2.58 bits per heavy atom. The summed E-state index contributed by atoms with van der Waals surface area (Å²) in [5, 5.41) is 17.3. The fraction of sp³-hybridized carbons (Fsp3) is 0.550. The minimum atomic E-state index is -1.03. The molecular weight excluding hydrogens is 330 g/mol. The van der Waals surface area contributed by atoms with Crippen LogP contribution in [0.3, 0.4) is 0 Å². The van der Waals surface area contributed by atoms with Crippen LogP contribution >= 0.6 is 0 Å². The molecule has 1 aromatic carbocycles. The van der Waals surface area contributed by atoms with Crippen LogP contribution in [0.2, 0.25) is 0 Å². The first-order valence-electron chi connectivity index (χ1n) is 9.46. The molecule has 2 N–H and O–H groups in total. The van der Waals surface area contributed by atoms with Gasteiger partial charge in [-0.15, -0.1) is 0 Å². The highest BCUT2D eigenvalue weighted by Gasteiger charge is 2.27. The molecule has 1 aliphatic rings. The normalized spacial score (nSPS) is 16.7. The van der Waals surface area contributed by atoms with Crippen LogP contribution < -0.4 is 5.32 Å². The number of carbonyl (C=O) groups is 2. The number of nitrogens with one attached hydrogen (secondary N) is 1. The van der Waals surface area contributed by atoms with Crippen molar-refractivity contribution in [3.05, 3.63) is 30.0 Å². The third-order valence-corrected chi connectivity index (χ3v) is 5.25. The van der Waals surface area contributed by atoms with Crippen molar-refractivity contribution in [1.29, 1.82) is 0 Å². The Labute approximate surface area is 153 Å². The van der Waals surface area contributed by atoms with Gasteiger partial charge in [0, 0.05) is 11.9 Å². The zero-order chi connectivity index (χ0) is 18.7. The van der Waals surface area contributed by atoms with Gasteiger partial charge in [0.2, 0.25) is 0 Å². The zero-order valence-electron chi connectivity index (χ0n) is 15.4. The number of amides is 1. The first-order chi connectivity index (χ1) is 12.5. The van der Waals surface area contributed by atoms with Crippen molar-refractivity contribution >= 4 is 22.8 Å². The summed E-state index contributed by atoms with van der Waals surface area (Å²) in [6.07, 6.45) is 6.21. The highest BCUT2D eigenvalue weighted by molar-refractivity contribution is 6.05. The number of nitrogens with zero attached hydrogens (tertiary/aromatic N) is 2. The van der Waals surface area contributed by atoms with E-state index in [0.29, 0.717) is 11.6 Å². The molecule has 0 bridgehead atoms. The maximum absolute atomic E-state index is 12.7. The van der Waals surface area contributed by atoms with Crippen LogP contribution in [0.1, 0.15) is 56.4 Å². The van der Waals surface area contributed by atoms with Crippen molar-refractivity contribution in [2.24, 2.45) is 11.8 Å². The van der Waals surface area contributed by atoms with Crippen LogP contribution in [0.4, 0.5) is 0 Å². The zero-order valence-corrected chi connectivity index (χ0v) is 15.4. The molecule has 1 heterocycles. The van der Waals surface area contributed by atoms with E-state index in [1.54, 1.807) is 13.8 Å². The smallest absolute Gasteiger partial charge is 0.326 e. The summed E-state index contributed by atoms with van der Waals surface area (Å²) >= 11 is 0. The lowest BCUT2D eigenvalue weighted by molar-refractivity contribution is -0.140. The van der Waals surface area contributed by atoms with Gasteiger partial charge >= 0.3 is 5.97 Å². The van der Waals surface area contributed by atoms with E-state index in [1.807, 2.05) is 28.9 Å². The van der Waals surface area contributed by atoms with Crippen LogP contribution in [-0.2, 0) is 11.3 Å². The lowest BCUT2D eigenvalue weighted by Gasteiger charge is -2.21. The topological polar surface area (TPSA) is 84.2 Å². The van der Waals surface area contributed by atoms with Crippen molar-refractivity contribution in [2.45, 2.75) is 58.5 Å². The molecule has 6 nitrogen and oxygen atoms in total. The van der Waals surface area contributed by atoms with E-state index >= 15 is 0 Å². The lowest BCUT2D eigenvalue weighted by Crippen LogP contribution is -2.44. The Bertz CT molecular complexity index is 791. The Kier molecular flexibility index (Phi) is 5.59. The molecule has 1 aromatic heterocycles. The van der Waals surface area contributed by atoms with E-state index in [-0.39, 0.29) is 5.92 Å². The molecule has 26 heavy (non-hydrogen) atoms. The molecule has 1 aliphatic carbocycles. The van der Waals surface area contributed by atoms with Gasteiger partial charge in [-0.1, -0.05) is 51.3 Å². The van der Waals surface area contributed by atoms with Crippen molar-refractivity contribution in [2.75, 3.05) is 0 Å². The van der Waals surface area contributed by atoms with E-state index in [9.17, 15) is 14.7 Å². The molecule has 0 aliphatic heterocycles. The average Bonchev–Trinajstić information content (AvgIpc) is 2.99. The molecule has 0 radical (unpaired) electrons. The largest absolute Gasteiger partial charge is 0.480 e. The monoisotopic (exact) mass is 357 g/mol. The fourth-order valence-corrected chi connectivity index (χ4v) is 3.77. The van der Waals surface area contributed by atoms with Crippen molar-refractivity contribution in [1.82, 2.24) is 15.1 Å². The van der Waals surface area contributed by atoms with E-state index in [1.165, 1.54) is 32.1 Å². The summed E-state index contributed by atoms with van der Waals surface area (Å²) in [6.45, 7) is 4.36. The average molecular weight is 357 g/mol. The molecular formula is C20H27N3O3. The highest BCUT2D eigenvalue weighted by Crippen LogP contribution is 2.27. The highest BCUT2D eigenvalue weighted by atomic mass is 16.4. The number of aliphatic carboxylic acids is 1. The van der Waals surface area contributed by atoms with Gasteiger partial charge in [0.05, 0.1) is 5.52 Å². The number of carboxylic acids is 1. The molecule has 1 saturated carbocycles. The molecule has 140 valence electrons. The van der Waals surface area contributed by atoms with E-state index in [0.717, 1.165) is 17.4 Å². The van der Waals surface area contributed by atoms with Gasteiger partial charge < -0.3 is 10.4 Å². The van der Waals surface area contributed by atoms with Crippen LogP contribution in [0, 0.1) is 11.8 Å². The van der Waals surface area contributed by atoms with Crippen molar-refractivity contribution < 1.29 is 14.7 Å². The quantitative estimate of drug-likeness (QED) is 0.829.